The fraction of sp³-hybridized carbons (Fsp3) is 0.333. The number of nitrogens with one attached hydrogen (secondary N) is 1. The number of aliphatic hydroxyl groups is 1. The van der Waals surface area contributed by atoms with Crippen molar-refractivity contribution in [1.29, 1.82) is 0 Å². The number of aliphatic hydroxyl groups excluding tert-OH is 1. The first-order valence-corrected chi connectivity index (χ1v) is 7.05. The van der Waals surface area contributed by atoms with Crippen molar-refractivity contribution in [2.45, 2.75) is 40.3 Å². The smallest absolute Gasteiger partial charge is 0.0681 e. The maximum absolute atomic E-state index is 9.06. The Morgan fingerprint density at radius 1 is 0.950 bits per heavy atom. The Kier molecular flexibility index (Phi) is 4.46. The molecule has 0 amide bonds. The quantitative estimate of drug-likeness (QED) is 0.868. The fourth-order valence-corrected chi connectivity index (χ4v) is 2.48. The summed E-state index contributed by atoms with van der Waals surface area (Å²) >= 11 is 0. The lowest BCUT2D eigenvalue weighted by molar-refractivity contribution is 0.282. The molecule has 2 heteroatoms. The van der Waals surface area contributed by atoms with Crippen molar-refractivity contribution in [1.82, 2.24) is 0 Å². The van der Waals surface area contributed by atoms with E-state index in [0.29, 0.717) is 0 Å². The topological polar surface area (TPSA) is 32.3 Å². The zero-order valence-electron chi connectivity index (χ0n) is 12.7. The van der Waals surface area contributed by atoms with E-state index in [-0.39, 0.29) is 12.6 Å². The Labute approximate surface area is 121 Å². The summed E-state index contributed by atoms with van der Waals surface area (Å²) in [7, 11) is 0. The van der Waals surface area contributed by atoms with Crippen molar-refractivity contribution < 1.29 is 5.11 Å². The van der Waals surface area contributed by atoms with Crippen LogP contribution in [0.5, 0.6) is 0 Å². The second-order valence-electron chi connectivity index (χ2n) is 5.51. The third-order valence-corrected chi connectivity index (χ3v) is 3.87. The number of hydrogen-bond acceptors (Lipinski definition) is 2. The first kappa shape index (κ1) is 14.6. The van der Waals surface area contributed by atoms with Crippen LogP contribution >= 0.6 is 0 Å². The average Bonchev–Trinajstić information content (AvgIpc) is 2.43. The first-order valence-electron chi connectivity index (χ1n) is 7.05. The highest BCUT2D eigenvalue weighted by molar-refractivity contribution is 5.48. The molecule has 106 valence electrons. The van der Waals surface area contributed by atoms with Crippen LogP contribution in [-0.4, -0.2) is 5.11 Å². The predicted octanol–water partition coefficient (Wildman–Crippen LogP) is 4.28. The van der Waals surface area contributed by atoms with Crippen LogP contribution in [0.3, 0.4) is 0 Å². The highest BCUT2D eigenvalue weighted by Crippen LogP contribution is 2.25. The van der Waals surface area contributed by atoms with Gasteiger partial charge in [0.2, 0.25) is 0 Å². The molecule has 1 atom stereocenters. The van der Waals surface area contributed by atoms with Crippen LogP contribution in [0.15, 0.2) is 36.4 Å². The van der Waals surface area contributed by atoms with E-state index in [1.807, 2.05) is 24.3 Å². The summed E-state index contributed by atoms with van der Waals surface area (Å²) in [5, 5.41) is 12.6. The van der Waals surface area contributed by atoms with E-state index < -0.39 is 0 Å². The van der Waals surface area contributed by atoms with Crippen LogP contribution in [0.25, 0.3) is 0 Å². The molecule has 0 saturated carbocycles. The Morgan fingerprint density at radius 3 is 2.15 bits per heavy atom. The van der Waals surface area contributed by atoms with Crippen LogP contribution < -0.4 is 5.32 Å². The van der Waals surface area contributed by atoms with Gasteiger partial charge in [0.1, 0.15) is 0 Å². The van der Waals surface area contributed by atoms with Gasteiger partial charge in [-0.25, -0.2) is 0 Å². The average molecular weight is 269 g/mol. The molecule has 0 radical (unpaired) electrons. The molecular formula is C18H23NO. The number of hydrogen-bond donors (Lipinski definition) is 2. The highest BCUT2D eigenvalue weighted by atomic mass is 16.3. The molecule has 0 aliphatic carbocycles. The minimum absolute atomic E-state index is 0.0894. The predicted molar refractivity (Wildman–Crippen MR) is 85.1 cm³/mol. The number of benzene rings is 2. The number of anilines is 1. The lowest BCUT2D eigenvalue weighted by Gasteiger charge is -2.19. The molecule has 0 aliphatic rings. The SMILES string of the molecule is Cc1cc(C)c(C(C)Nc2ccc(CO)cc2)cc1C. The second kappa shape index (κ2) is 6.10. The monoisotopic (exact) mass is 269 g/mol. The van der Waals surface area contributed by atoms with Gasteiger partial charge < -0.3 is 10.4 Å². The number of aryl methyl sites for hydroxylation is 3. The Balaban J connectivity index is 2.18. The van der Waals surface area contributed by atoms with E-state index in [1.54, 1.807) is 0 Å². The molecule has 0 heterocycles. The van der Waals surface area contributed by atoms with Crippen LogP contribution in [0.2, 0.25) is 0 Å². The van der Waals surface area contributed by atoms with Crippen LogP contribution in [0.4, 0.5) is 5.69 Å². The molecule has 1 unspecified atom stereocenters. The van der Waals surface area contributed by atoms with Crippen molar-refractivity contribution in [3.05, 3.63) is 64.2 Å². The van der Waals surface area contributed by atoms with E-state index in [0.717, 1.165) is 11.3 Å². The van der Waals surface area contributed by atoms with Gasteiger partial charge in [-0.3, -0.25) is 0 Å². The van der Waals surface area contributed by atoms with Crippen molar-refractivity contribution in [2.24, 2.45) is 0 Å². The summed E-state index contributed by atoms with van der Waals surface area (Å²) in [5.74, 6) is 0. The summed E-state index contributed by atoms with van der Waals surface area (Å²) < 4.78 is 0. The molecule has 0 aliphatic heterocycles. The Bertz CT molecular complexity index is 587. The van der Waals surface area contributed by atoms with Gasteiger partial charge in [0.05, 0.1) is 6.61 Å². The van der Waals surface area contributed by atoms with Gasteiger partial charge in [0, 0.05) is 11.7 Å². The van der Waals surface area contributed by atoms with E-state index >= 15 is 0 Å². The van der Waals surface area contributed by atoms with E-state index in [9.17, 15) is 0 Å². The minimum atomic E-state index is 0.0894. The van der Waals surface area contributed by atoms with Gasteiger partial charge in [0.15, 0.2) is 0 Å². The molecule has 2 N–H and O–H groups in total. The molecule has 0 fully saturated rings. The summed E-state index contributed by atoms with van der Waals surface area (Å²) in [5.41, 5.74) is 7.33. The molecule has 2 rings (SSSR count). The van der Waals surface area contributed by atoms with Gasteiger partial charge in [-0.05, 0) is 67.6 Å². The van der Waals surface area contributed by atoms with Gasteiger partial charge in [0.25, 0.3) is 0 Å². The van der Waals surface area contributed by atoms with Crippen molar-refractivity contribution >= 4 is 5.69 Å². The summed E-state index contributed by atoms with van der Waals surface area (Å²) in [6.45, 7) is 8.73. The normalized spacial score (nSPS) is 12.2. The fourth-order valence-electron chi connectivity index (χ4n) is 2.48. The van der Waals surface area contributed by atoms with Crippen molar-refractivity contribution in [3.63, 3.8) is 0 Å². The third-order valence-electron chi connectivity index (χ3n) is 3.87. The molecule has 0 saturated heterocycles. The van der Waals surface area contributed by atoms with Crippen LogP contribution in [0.1, 0.15) is 40.8 Å². The highest BCUT2D eigenvalue weighted by Gasteiger charge is 2.10. The molecule has 0 spiro atoms. The van der Waals surface area contributed by atoms with E-state index in [2.05, 4.69) is 45.1 Å². The lowest BCUT2D eigenvalue weighted by atomic mass is 9.96. The van der Waals surface area contributed by atoms with Gasteiger partial charge in [-0.2, -0.15) is 0 Å². The molecule has 2 nitrogen and oxygen atoms in total. The van der Waals surface area contributed by atoms with Gasteiger partial charge in [-0.1, -0.05) is 24.3 Å². The van der Waals surface area contributed by atoms with E-state index in [4.69, 9.17) is 5.11 Å². The molecule has 2 aromatic carbocycles. The van der Waals surface area contributed by atoms with Crippen molar-refractivity contribution in [3.8, 4) is 0 Å². The largest absolute Gasteiger partial charge is 0.392 e. The third kappa shape index (κ3) is 3.20. The molecular weight excluding hydrogens is 246 g/mol. The second-order valence-corrected chi connectivity index (χ2v) is 5.51. The zero-order valence-corrected chi connectivity index (χ0v) is 12.7. The van der Waals surface area contributed by atoms with Crippen molar-refractivity contribution in [2.75, 3.05) is 5.32 Å². The maximum Gasteiger partial charge on any atom is 0.0681 e. The van der Waals surface area contributed by atoms with Gasteiger partial charge in [-0.15, -0.1) is 0 Å². The maximum atomic E-state index is 9.06. The summed E-state index contributed by atoms with van der Waals surface area (Å²) in [6.07, 6.45) is 0. The lowest BCUT2D eigenvalue weighted by Crippen LogP contribution is -2.09. The molecule has 0 aromatic heterocycles. The van der Waals surface area contributed by atoms with E-state index in [1.165, 1.54) is 22.3 Å². The molecule has 0 bridgehead atoms. The van der Waals surface area contributed by atoms with Crippen LogP contribution in [0, 0.1) is 20.8 Å². The standard InChI is InChI=1S/C18H23NO/c1-12-9-14(3)18(10-13(12)2)15(4)19-17-7-5-16(11-20)6-8-17/h5-10,15,19-20H,11H2,1-4H3. The Hall–Kier alpha value is -1.80. The minimum Gasteiger partial charge on any atom is -0.392 e. The van der Waals surface area contributed by atoms with Crippen LogP contribution in [-0.2, 0) is 6.61 Å². The van der Waals surface area contributed by atoms with Gasteiger partial charge >= 0.3 is 0 Å². The number of rotatable bonds is 4. The summed E-state index contributed by atoms with van der Waals surface area (Å²) in [6, 6.07) is 12.7. The first-order chi connectivity index (χ1) is 9.51. The molecule has 2 aromatic rings. The zero-order chi connectivity index (χ0) is 14.7. The summed E-state index contributed by atoms with van der Waals surface area (Å²) in [4.78, 5) is 0. The Morgan fingerprint density at radius 2 is 1.55 bits per heavy atom. The molecule has 20 heavy (non-hydrogen) atoms.